The average Bonchev–Trinajstić information content (AvgIpc) is 2.60. The number of nitrogens with one attached hydrogen (secondary N) is 2. The highest BCUT2D eigenvalue weighted by atomic mass is 16.2. The molecule has 0 radical (unpaired) electrons. The number of rotatable bonds is 5. The summed E-state index contributed by atoms with van der Waals surface area (Å²) < 4.78 is 0. The molecule has 0 spiro atoms. The number of nitrogens with zero attached hydrogens (tertiary/aromatic N) is 1. The van der Waals surface area contributed by atoms with E-state index in [9.17, 15) is 9.59 Å². The van der Waals surface area contributed by atoms with E-state index < -0.39 is 0 Å². The van der Waals surface area contributed by atoms with Crippen LogP contribution in [-0.4, -0.2) is 48.1 Å². The van der Waals surface area contributed by atoms with Crippen LogP contribution in [0.2, 0.25) is 0 Å². The van der Waals surface area contributed by atoms with Crippen LogP contribution in [0.1, 0.15) is 64.7 Å². The smallest absolute Gasteiger partial charge is 0.315 e. The molecule has 1 heterocycles. The van der Waals surface area contributed by atoms with Gasteiger partial charge in [-0.05, 0) is 82.0 Å². The van der Waals surface area contributed by atoms with Crippen molar-refractivity contribution in [3.8, 4) is 0 Å². The monoisotopic (exact) mass is 376 g/mol. The second kappa shape index (κ2) is 7.61. The second-order valence-electron chi connectivity index (χ2n) is 9.93. The number of hydrogen-bond acceptors (Lipinski definition) is 3. The summed E-state index contributed by atoms with van der Waals surface area (Å²) in [5, 5.41) is 6.25. The summed E-state index contributed by atoms with van der Waals surface area (Å²) in [5.74, 6) is 2.98. The van der Waals surface area contributed by atoms with Crippen molar-refractivity contribution in [2.45, 2.75) is 76.3 Å². The van der Waals surface area contributed by atoms with Gasteiger partial charge in [0.15, 0.2) is 0 Å². The summed E-state index contributed by atoms with van der Waals surface area (Å²) in [6.07, 6.45) is 10.1. The van der Waals surface area contributed by atoms with Crippen LogP contribution in [0.4, 0.5) is 4.79 Å². The molecule has 3 amide bonds. The number of likely N-dealkylation sites (tertiary alicyclic amines) is 1. The Balaban J connectivity index is 1.20. The van der Waals surface area contributed by atoms with Crippen molar-refractivity contribution < 1.29 is 9.59 Å². The lowest BCUT2D eigenvalue weighted by Gasteiger charge is -2.56. The van der Waals surface area contributed by atoms with Gasteiger partial charge in [0, 0.05) is 37.6 Å². The molecule has 1 aliphatic heterocycles. The number of amides is 3. The molecule has 4 bridgehead atoms. The number of hydrogen-bond donors (Lipinski definition) is 3. The molecule has 4 N–H and O–H groups in total. The van der Waals surface area contributed by atoms with Crippen molar-refractivity contribution in [3.05, 3.63) is 0 Å². The predicted octanol–water partition coefficient (Wildman–Crippen LogP) is 2.23. The summed E-state index contributed by atoms with van der Waals surface area (Å²) in [4.78, 5) is 26.9. The Morgan fingerprint density at radius 2 is 1.78 bits per heavy atom. The van der Waals surface area contributed by atoms with Gasteiger partial charge < -0.3 is 21.3 Å². The third kappa shape index (κ3) is 4.25. The Bertz CT molecular complexity index is 541. The van der Waals surface area contributed by atoms with E-state index in [-0.39, 0.29) is 23.5 Å². The van der Waals surface area contributed by atoms with Gasteiger partial charge in [0.2, 0.25) is 5.91 Å². The normalized spacial score (nSPS) is 38.5. The van der Waals surface area contributed by atoms with E-state index in [2.05, 4.69) is 10.6 Å². The van der Waals surface area contributed by atoms with E-state index in [0.29, 0.717) is 18.9 Å². The topological polar surface area (TPSA) is 87.5 Å². The Labute approximate surface area is 163 Å². The van der Waals surface area contributed by atoms with Crippen LogP contribution in [0, 0.1) is 23.7 Å². The maximum atomic E-state index is 12.5. The van der Waals surface area contributed by atoms with Crippen LogP contribution in [0.15, 0.2) is 0 Å². The van der Waals surface area contributed by atoms with E-state index in [0.717, 1.165) is 62.9 Å². The Hall–Kier alpha value is -1.30. The predicted molar refractivity (Wildman–Crippen MR) is 105 cm³/mol. The van der Waals surface area contributed by atoms with E-state index in [1.54, 1.807) is 0 Å². The molecule has 2 unspecified atom stereocenters. The molecule has 1 saturated heterocycles. The van der Waals surface area contributed by atoms with Gasteiger partial charge in [0.25, 0.3) is 0 Å². The zero-order valence-corrected chi connectivity index (χ0v) is 16.7. The number of carbonyl (C=O) groups is 2. The molecule has 2 atom stereocenters. The Morgan fingerprint density at radius 3 is 2.37 bits per heavy atom. The average molecular weight is 377 g/mol. The van der Waals surface area contributed by atoms with Crippen molar-refractivity contribution in [3.63, 3.8) is 0 Å². The molecule has 0 aromatic heterocycles. The fourth-order valence-corrected chi connectivity index (χ4v) is 6.66. The first-order valence-electron chi connectivity index (χ1n) is 11.0. The minimum absolute atomic E-state index is 0.0280. The molecule has 6 nitrogen and oxygen atoms in total. The first-order valence-corrected chi connectivity index (χ1v) is 11.0. The fraction of sp³-hybridized carbons (Fsp3) is 0.905. The minimum Gasteiger partial charge on any atom is -0.342 e. The van der Waals surface area contributed by atoms with Crippen molar-refractivity contribution in [2.75, 3.05) is 19.6 Å². The van der Waals surface area contributed by atoms with Crippen molar-refractivity contribution in [1.29, 1.82) is 0 Å². The highest BCUT2D eigenvalue weighted by Gasteiger charge is 2.51. The summed E-state index contributed by atoms with van der Waals surface area (Å²) in [6, 6.07) is 0.0432. The molecule has 4 aliphatic carbocycles. The van der Waals surface area contributed by atoms with Crippen LogP contribution >= 0.6 is 0 Å². The van der Waals surface area contributed by atoms with Crippen LogP contribution in [-0.2, 0) is 4.79 Å². The number of nitrogens with two attached hydrogens (primary N) is 1. The van der Waals surface area contributed by atoms with E-state index in [4.69, 9.17) is 5.73 Å². The van der Waals surface area contributed by atoms with Crippen molar-refractivity contribution in [1.82, 2.24) is 15.5 Å². The summed E-state index contributed by atoms with van der Waals surface area (Å²) >= 11 is 0. The zero-order chi connectivity index (χ0) is 19.0. The zero-order valence-electron chi connectivity index (χ0n) is 16.7. The Morgan fingerprint density at radius 1 is 1.15 bits per heavy atom. The van der Waals surface area contributed by atoms with Gasteiger partial charge in [-0.2, -0.15) is 0 Å². The molecule has 0 aromatic rings. The Kier molecular flexibility index (Phi) is 5.36. The highest BCUT2D eigenvalue weighted by molar-refractivity contribution is 5.78. The van der Waals surface area contributed by atoms with E-state index in [1.807, 2.05) is 11.8 Å². The van der Waals surface area contributed by atoms with Crippen molar-refractivity contribution in [2.24, 2.45) is 29.4 Å². The standard InChI is InChI=1S/C21H36N4O2/c1-14(22)18-3-2-6-25(13-18)19(26)4-5-23-20(27)24-21-10-15-7-16(11-21)9-17(8-15)12-21/h14-18H,2-13,22H2,1H3,(H2,23,24,27). The van der Waals surface area contributed by atoms with Crippen LogP contribution in [0.5, 0.6) is 0 Å². The minimum atomic E-state index is -0.0862. The lowest BCUT2D eigenvalue weighted by molar-refractivity contribution is -0.132. The third-order valence-corrected chi connectivity index (χ3v) is 7.60. The number of piperidine rings is 1. The quantitative estimate of drug-likeness (QED) is 0.687. The molecule has 4 saturated carbocycles. The molecular formula is C21H36N4O2. The maximum absolute atomic E-state index is 12.5. The molecule has 0 aromatic carbocycles. The van der Waals surface area contributed by atoms with Gasteiger partial charge in [-0.15, -0.1) is 0 Å². The van der Waals surface area contributed by atoms with Crippen LogP contribution < -0.4 is 16.4 Å². The van der Waals surface area contributed by atoms with Crippen LogP contribution in [0.25, 0.3) is 0 Å². The van der Waals surface area contributed by atoms with Crippen molar-refractivity contribution >= 4 is 11.9 Å². The van der Waals surface area contributed by atoms with Gasteiger partial charge in [-0.1, -0.05) is 0 Å². The second-order valence-corrected chi connectivity index (χ2v) is 9.93. The summed E-state index contributed by atoms with van der Waals surface area (Å²) in [7, 11) is 0. The maximum Gasteiger partial charge on any atom is 0.315 e. The number of urea groups is 1. The summed E-state index contributed by atoms with van der Waals surface area (Å²) in [5.41, 5.74) is 6.04. The highest BCUT2D eigenvalue weighted by Crippen LogP contribution is 2.55. The first-order chi connectivity index (χ1) is 12.9. The van der Waals surface area contributed by atoms with Gasteiger partial charge in [-0.3, -0.25) is 4.79 Å². The molecule has 152 valence electrons. The fourth-order valence-electron chi connectivity index (χ4n) is 6.66. The third-order valence-electron chi connectivity index (χ3n) is 7.60. The van der Waals surface area contributed by atoms with Gasteiger partial charge in [0.05, 0.1) is 0 Å². The lowest BCUT2D eigenvalue weighted by Crippen LogP contribution is -2.61. The molecule has 6 heteroatoms. The SMILES string of the molecule is CC(N)C1CCCN(C(=O)CCNC(=O)NC23CC4CC(CC(C4)C2)C3)C1. The molecule has 5 rings (SSSR count). The summed E-state index contributed by atoms with van der Waals surface area (Å²) in [6.45, 7) is 4.02. The van der Waals surface area contributed by atoms with E-state index in [1.165, 1.54) is 19.3 Å². The lowest BCUT2D eigenvalue weighted by atomic mass is 9.53. The molecule has 27 heavy (non-hydrogen) atoms. The molecular weight excluding hydrogens is 340 g/mol. The first kappa shape index (κ1) is 19.0. The molecule has 5 fully saturated rings. The van der Waals surface area contributed by atoms with Gasteiger partial charge >= 0.3 is 6.03 Å². The largest absolute Gasteiger partial charge is 0.342 e. The van der Waals surface area contributed by atoms with Crippen LogP contribution in [0.3, 0.4) is 0 Å². The van der Waals surface area contributed by atoms with Gasteiger partial charge in [-0.25, -0.2) is 4.79 Å². The number of carbonyl (C=O) groups excluding carboxylic acids is 2. The van der Waals surface area contributed by atoms with Gasteiger partial charge in [0.1, 0.15) is 0 Å². The van der Waals surface area contributed by atoms with E-state index >= 15 is 0 Å². The molecule has 5 aliphatic rings.